The number of aryl methyl sites for hydroxylation is 2. The Hall–Kier alpha value is -2.64. The topological polar surface area (TPSA) is 62.8 Å². The Morgan fingerprint density at radius 3 is 2.36 bits per heavy atom. The van der Waals surface area contributed by atoms with Gasteiger partial charge in [-0.3, -0.25) is 4.79 Å². The number of nitrogens with one attached hydrogen (secondary N) is 2. The van der Waals surface area contributed by atoms with Crippen LogP contribution < -0.4 is 20.1 Å². The van der Waals surface area contributed by atoms with Gasteiger partial charge in [0.2, 0.25) is 5.91 Å². The van der Waals surface area contributed by atoms with E-state index >= 15 is 0 Å². The van der Waals surface area contributed by atoms with Crippen molar-refractivity contribution in [2.24, 2.45) is 5.92 Å². The molecule has 3 aromatic rings. The average molecular weight is 633 g/mol. The molecule has 9 heteroatoms. The average Bonchev–Trinajstić information content (AvgIpc) is 3.79. The summed E-state index contributed by atoms with van der Waals surface area (Å²) in [4.78, 5) is 16.1. The zero-order valence-corrected chi connectivity index (χ0v) is 26.7. The Kier molecular flexibility index (Phi) is 11.3. The summed E-state index contributed by atoms with van der Waals surface area (Å²) in [7, 11) is 0. The van der Waals surface area contributed by atoms with Crippen molar-refractivity contribution in [1.29, 1.82) is 0 Å². The Labute approximate surface area is 265 Å². The number of ether oxygens (including phenoxy) is 2. The first-order valence-corrected chi connectivity index (χ1v) is 15.2. The van der Waals surface area contributed by atoms with E-state index in [0.717, 1.165) is 42.8 Å². The monoisotopic (exact) mass is 631 g/mol. The summed E-state index contributed by atoms with van der Waals surface area (Å²) >= 11 is 12.5. The second-order valence-corrected chi connectivity index (χ2v) is 12.0. The van der Waals surface area contributed by atoms with E-state index in [-0.39, 0.29) is 30.3 Å². The minimum atomic E-state index is -0.122. The zero-order chi connectivity index (χ0) is 28.9. The van der Waals surface area contributed by atoms with Crippen molar-refractivity contribution >= 4 is 47.2 Å². The first-order chi connectivity index (χ1) is 19.8. The molecule has 0 aromatic heterocycles. The lowest BCUT2D eigenvalue weighted by Gasteiger charge is -2.36. The molecule has 1 aliphatic carbocycles. The molecule has 6 nitrogen and oxygen atoms in total. The maximum absolute atomic E-state index is 13.9. The fourth-order valence-corrected chi connectivity index (χ4v) is 6.14. The maximum Gasteiger partial charge on any atom is 0.229 e. The van der Waals surface area contributed by atoms with Crippen molar-refractivity contribution in [3.63, 3.8) is 0 Å². The fourth-order valence-electron chi connectivity index (χ4n) is 5.43. The number of rotatable bonds is 11. The Morgan fingerprint density at radius 2 is 1.67 bits per heavy atom. The lowest BCUT2D eigenvalue weighted by atomic mass is 9.91. The van der Waals surface area contributed by atoms with E-state index in [2.05, 4.69) is 47.6 Å². The molecule has 0 spiro atoms. The van der Waals surface area contributed by atoms with Crippen LogP contribution in [-0.4, -0.2) is 49.2 Å². The number of carbonyl (C=O) groups excluding carboxylic acids is 1. The van der Waals surface area contributed by atoms with Crippen LogP contribution in [0.1, 0.15) is 41.5 Å². The number of halogens is 3. The van der Waals surface area contributed by atoms with Crippen molar-refractivity contribution in [2.75, 3.05) is 31.6 Å². The van der Waals surface area contributed by atoms with Gasteiger partial charge in [0.25, 0.3) is 0 Å². The van der Waals surface area contributed by atoms with Gasteiger partial charge in [0.15, 0.2) is 5.75 Å². The van der Waals surface area contributed by atoms with Crippen LogP contribution >= 0.6 is 35.6 Å². The minimum absolute atomic E-state index is 0. The molecule has 1 amide bonds. The molecule has 2 atom stereocenters. The first kappa shape index (κ1) is 32.3. The maximum atomic E-state index is 13.9. The van der Waals surface area contributed by atoms with Crippen LogP contribution in [0.2, 0.25) is 10.0 Å². The number of hydrogen-bond donors (Lipinski definition) is 2. The molecule has 2 fully saturated rings. The highest BCUT2D eigenvalue weighted by atomic mass is 35.5. The molecule has 0 radical (unpaired) electrons. The van der Waals surface area contributed by atoms with Crippen molar-refractivity contribution in [3.8, 4) is 11.5 Å². The molecule has 1 saturated heterocycles. The highest BCUT2D eigenvalue weighted by Gasteiger charge is 2.39. The second-order valence-electron chi connectivity index (χ2n) is 11.2. The normalized spacial score (nSPS) is 18.1. The molecule has 1 saturated carbocycles. The number of nitrogens with zero attached hydrogens (tertiary/aromatic N) is 1. The number of carbonyl (C=O) groups is 1. The van der Waals surface area contributed by atoms with E-state index in [9.17, 15) is 4.79 Å². The van der Waals surface area contributed by atoms with Gasteiger partial charge in [0.1, 0.15) is 19.0 Å². The lowest BCUT2D eigenvalue weighted by molar-refractivity contribution is -0.137. The smallest absolute Gasteiger partial charge is 0.229 e. The molecule has 226 valence electrons. The number of anilines is 1. The molecule has 1 unspecified atom stereocenters. The predicted molar refractivity (Wildman–Crippen MR) is 174 cm³/mol. The number of benzene rings is 3. The van der Waals surface area contributed by atoms with Crippen molar-refractivity contribution in [1.82, 2.24) is 10.2 Å². The van der Waals surface area contributed by atoms with E-state index in [1.165, 1.54) is 16.7 Å². The van der Waals surface area contributed by atoms with E-state index in [0.29, 0.717) is 48.1 Å². The molecule has 3 aromatic carbocycles. The van der Waals surface area contributed by atoms with Gasteiger partial charge in [-0.1, -0.05) is 41.4 Å². The minimum Gasteiger partial charge on any atom is -0.490 e. The van der Waals surface area contributed by atoms with E-state index < -0.39 is 0 Å². The first-order valence-electron chi connectivity index (χ1n) is 14.4. The SMILES string of the molecule is Cc1cc(Cl)c(OCCOc2ccc(N[C@H]3CCNCC3C(=O)N(Cc3cccc(C)c3C)C3CC3)cc2)c(Cl)c1.Cl. The van der Waals surface area contributed by atoms with Gasteiger partial charge in [-0.25, -0.2) is 0 Å². The number of hydrogen-bond acceptors (Lipinski definition) is 5. The van der Waals surface area contributed by atoms with Gasteiger partial charge in [-0.15, -0.1) is 12.4 Å². The van der Waals surface area contributed by atoms with E-state index in [4.69, 9.17) is 32.7 Å². The largest absolute Gasteiger partial charge is 0.490 e. The molecule has 2 aliphatic rings. The number of piperidine rings is 1. The highest BCUT2D eigenvalue weighted by molar-refractivity contribution is 6.37. The third kappa shape index (κ3) is 8.04. The molecular weight excluding hydrogens is 593 g/mol. The summed E-state index contributed by atoms with van der Waals surface area (Å²) in [5.41, 5.74) is 5.74. The molecule has 1 heterocycles. The predicted octanol–water partition coefficient (Wildman–Crippen LogP) is 7.38. The van der Waals surface area contributed by atoms with Crippen LogP contribution in [0.3, 0.4) is 0 Å². The summed E-state index contributed by atoms with van der Waals surface area (Å²) < 4.78 is 11.6. The highest BCUT2D eigenvalue weighted by Crippen LogP contribution is 2.34. The third-order valence-corrected chi connectivity index (χ3v) is 8.64. The Bertz CT molecular complexity index is 1340. The second kappa shape index (κ2) is 14.7. The van der Waals surface area contributed by atoms with Crippen LogP contribution in [0, 0.1) is 26.7 Å². The van der Waals surface area contributed by atoms with E-state index in [1.54, 1.807) is 0 Å². The standard InChI is InChI=1S/C33H39Cl2N3O3.ClH/c1-21-17-29(34)32(30(35)18-21)41-16-15-40-27-11-7-25(8-12-27)37-31-13-14-36-19-28(31)33(39)38(26-9-10-26)20-24-6-4-5-22(2)23(24)3;/h4-8,11-12,17-18,26,28,31,36-37H,9-10,13-16,19-20H2,1-3H3;1H/t28?,31-;/m0./s1. The number of amides is 1. The molecule has 0 bridgehead atoms. The van der Waals surface area contributed by atoms with Crippen molar-refractivity contribution in [3.05, 3.63) is 86.9 Å². The van der Waals surface area contributed by atoms with Crippen LogP contribution in [0.5, 0.6) is 11.5 Å². The van der Waals surface area contributed by atoms with Crippen LogP contribution in [0.15, 0.2) is 54.6 Å². The van der Waals surface area contributed by atoms with E-state index in [1.807, 2.05) is 43.3 Å². The Balaban J connectivity index is 0.00000405. The zero-order valence-electron chi connectivity index (χ0n) is 24.4. The molecule has 1 aliphatic heterocycles. The summed E-state index contributed by atoms with van der Waals surface area (Å²) in [6.07, 6.45) is 3.07. The molecule has 42 heavy (non-hydrogen) atoms. The fraction of sp³-hybridized carbons (Fsp3) is 0.424. The van der Waals surface area contributed by atoms with Crippen LogP contribution in [0.25, 0.3) is 0 Å². The van der Waals surface area contributed by atoms with Crippen molar-refractivity contribution < 1.29 is 14.3 Å². The van der Waals surface area contributed by atoms with Crippen LogP contribution in [0.4, 0.5) is 5.69 Å². The summed E-state index contributed by atoms with van der Waals surface area (Å²) in [5.74, 6) is 1.34. The summed E-state index contributed by atoms with van der Waals surface area (Å²) in [6.45, 7) is 9.15. The van der Waals surface area contributed by atoms with Gasteiger partial charge in [0.05, 0.1) is 16.0 Å². The molecule has 5 rings (SSSR count). The lowest BCUT2D eigenvalue weighted by Crippen LogP contribution is -2.52. The van der Waals surface area contributed by atoms with Gasteiger partial charge < -0.3 is 25.0 Å². The van der Waals surface area contributed by atoms with Gasteiger partial charge in [-0.05, 0) is 105 Å². The molecular formula is C33H40Cl3N3O3. The van der Waals surface area contributed by atoms with Gasteiger partial charge >= 0.3 is 0 Å². The Morgan fingerprint density at radius 1 is 0.976 bits per heavy atom. The van der Waals surface area contributed by atoms with Crippen molar-refractivity contribution in [2.45, 2.75) is 58.7 Å². The quantitative estimate of drug-likeness (QED) is 0.216. The van der Waals surface area contributed by atoms with Crippen LogP contribution in [-0.2, 0) is 11.3 Å². The summed E-state index contributed by atoms with van der Waals surface area (Å²) in [6, 6.07) is 18.3. The van der Waals surface area contributed by atoms with Gasteiger partial charge in [0, 0.05) is 30.9 Å². The van der Waals surface area contributed by atoms with Gasteiger partial charge in [-0.2, -0.15) is 0 Å². The molecule has 2 N–H and O–H groups in total. The third-order valence-electron chi connectivity index (χ3n) is 8.07. The summed E-state index contributed by atoms with van der Waals surface area (Å²) in [5, 5.41) is 8.08.